The fraction of sp³-hybridized carbons (Fsp3) is 0.750. The first-order valence-electron chi connectivity index (χ1n) is 10.6. The molecule has 158 valence electrons. The van der Waals surface area contributed by atoms with E-state index in [1.165, 1.54) is 0 Å². The third-order valence-electron chi connectivity index (χ3n) is 6.83. The van der Waals surface area contributed by atoms with Gasteiger partial charge < -0.3 is 14.7 Å². The van der Waals surface area contributed by atoms with E-state index in [1.54, 1.807) is 18.9 Å². The Hall–Kier alpha value is -2.45. The van der Waals surface area contributed by atoms with E-state index in [0.29, 0.717) is 37.4 Å². The van der Waals surface area contributed by atoms with E-state index in [1.807, 2.05) is 0 Å². The van der Waals surface area contributed by atoms with Gasteiger partial charge in [-0.2, -0.15) is 4.98 Å². The van der Waals surface area contributed by atoms with Crippen LogP contribution in [0.2, 0.25) is 0 Å². The largest absolute Gasteiger partial charge is 0.342 e. The number of amides is 4. The number of nitrogens with one attached hydrogen (secondary N) is 1. The fourth-order valence-electron chi connectivity index (χ4n) is 5.17. The minimum absolute atomic E-state index is 0.243. The molecule has 2 aliphatic carbocycles. The Labute approximate surface area is 170 Å². The second kappa shape index (κ2) is 7.42. The van der Waals surface area contributed by atoms with Crippen LogP contribution >= 0.6 is 0 Å². The SMILES string of the molecule is Cc1nc(C2(NC(=O)CN3C(=O)N(C)C4(CCCCC4)C3=O)CCCCC2)no1. The molecular formula is C20H29N5O4. The Bertz CT molecular complexity index is 808. The van der Waals surface area contributed by atoms with Crippen LogP contribution in [-0.4, -0.2) is 56.9 Å². The van der Waals surface area contributed by atoms with Gasteiger partial charge >= 0.3 is 6.03 Å². The lowest BCUT2D eigenvalue weighted by Gasteiger charge is -2.36. The summed E-state index contributed by atoms with van der Waals surface area (Å²) in [4.78, 5) is 45.9. The summed E-state index contributed by atoms with van der Waals surface area (Å²) in [6.07, 6.45) is 8.65. The van der Waals surface area contributed by atoms with Crippen molar-refractivity contribution in [3.63, 3.8) is 0 Å². The lowest BCUT2D eigenvalue weighted by atomic mass is 9.80. The number of carbonyl (C=O) groups is 3. The molecule has 2 heterocycles. The van der Waals surface area contributed by atoms with E-state index in [0.717, 1.165) is 43.4 Å². The molecule has 0 atom stereocenters. The van der Waals surface area contributed by atoms with Crippen LogP contribution in [0, 0.1) is 6.92 Å². The Morgan fingerprint density at radius 2 is 1.69 bits per heavy atom. The molecule has 0 unspecified atom stereocenters. The quantitative estimate of drug-likeness (QED) is 0.773. The molecule has 1 aromatic heterocycles. The number of carbonyl (C=O) groups excluding carboxylic acids is 3. The summed E-state index contributed by atoms with van der Waals surface area (Å²) in [5.41, 5.74) is -1.48. The van der Waals surface area contributed by atoms with Crippen molar-refractivity contribution in [3.8, 4) is 0 Å². The standard InChI is InChI=1S/C20H29N5O4/c1-14-21-16(23-29-14)19(9-5-3-6-10-19)22-15(26)13-25-17(27)20(24(2)18(25)28)11-7-4-8-12-20/h3-13H2,1-2H3,(H,22,26). The van der Waals surface area contributed by atoms with Gasteiger partial charge in [0, 0.05) is 14.0 Å². The van der Waals surface area contributed by atoms with E-state index in [2.05, 4.69) is 15.5 Å². The number of rotatable bonds is 4. The maximum absolute atomic E-state index is 13.1. The van der Waals surface area contributed by atoms with Gasteiger partial charge in [-0.1, -0.05) is 43.7 Å². The molecule has 0 aromatic carbocycles. The number of aromatic nitrogens is 2. The molecule has 0 bridgehead atoms. The van der Waals surface area contributed by atoms with Crippen molar-refractivity contribution in [1.29, 1.82) is 0 Å². The average molecular weight is 403 g/mol. The van der Waals surface area contributed by atoms with Crippen molar-refractivity contribution >= 4 is 17.8 Å². The van der Waals surface area contributed by atoms with Gasteiger partial charge in [0.1, 0.15) is 17.6 Å². The molecule has 1 N–H and O–H groups in total. The van der Waals surface area contributed by atoms with Crippen molar-refractivity contribution in [2.75, 3.05) is 13.6 Å². The molecule has 3 fully saturated rings. The van der Waals surface area contributed by atoms with Crippen molar-refractivity contribution in [1.82, 2.24) is 25.3 Å². The van der Waals surface area contributed by atoms with Crippen molar-refractivity contribution < 1.29 is 18.9 Å². The summed E-state index contributed by atoms with van der Waals surface area (Å²) in [5.74, 6) is 0.318. The van der Waals surface area contributed by atoms with Crippen LogP contribution in [-0.2, 0) is 15.1 Å². The molecule has 1 spiro atoms. The van der Waals surface area contributed by atoms with E-state index in [-0.39, 0.29) is 24.4 Å². The highest BCUT2D eigenvalue weighted by Gasteiger charge is 2.56. The van der Waals surface area contributed by atoms with E-state index >= 15 is 0 Å². The van der Waals surface area contributed by atoms with Gasteiger partial charge in [-0.25, -0.2) is 4.79 Å². The minimum atomic E-state index is -0.775. The summed E-state index contributed by atoms with van der Waals surface area (Å²) < 4.78 is 5.14. The summed E-state index contributed by atoms with van der Waals surface area (Å²) in [6, 6.07) is -0.389. The van der Waals surface area contributed by atoms with Crippen LogP contribution in [0.4, 0.5) is 4.79 Å². The molecule has 4 amide bonds. The fourth-order valence-corrected chi connectivity index (χ4v) is 5.17. The van der Waals surface area contributed by atoms with Crippen LogP contribution in [0.1, 0.15) is 75.9 Å². The first-order chi connectivity index (χ1) is 13.9. The van der Waals surface area contributed by atoms with Gasteiger partial charge in [-0.05, 0) is 25.7 Å². The van der Waals surface area contributed by atoms with E-state index in [4.69, 9.17) is 4.52 Å². The Morgan fingerprint density at radius 1 is 1.07 bits per heavy atom. The maximum atomic E-state index is 13.1. The number of hydrogen-bond acceptors (Lipinski definition) is 6. The molecule has 29 heavy (non-hydrogen) atoms. The average Bonchev–Trinajstić information content (AvgIpc) is 3.23. The molecule has 3 aliphatic rings. The molecule has 2 saturated carbocycles. The summed E-state index contributed by atoms with van der Waals surface area (Å²) >= 11 is 0. The third kappa shape index (κ3) is 3.30. The molecule has 1 saturated heterocycles. The predicted molar refractivity (Wildman–Crippen MR) is 103 cm³/mol. The Balaban J connectivity index is 1.51. The number of nitrogens with zero attached hydrogens (tertiary/aromatic N) is 4. The molecule has 0 radical (unpaired) electrons. The lowest BCUT2D eigenvalue weighted by molar-refractivity contribution is -0.138. The second-order valence-electron chi connectivity index (χ2n) is 8.65. The molecule has 9 heteroatoms. The number of aryl methyl sites for hydroxylation is 1. The second-order valence-corrected chi connectivity index (χ2v) is 8.65. The van der Waals surface area contributed by atoms with Gasteiger partial charge in [0.15, 0.2) is 5.82 Å². The van der Waals surface area contributed by atoms with E-state index < -0.39 is 11.1 Å². The minimum Gasteiger partial charge on any atom is -0.342 e. The van der Waals surface area contributed by atoms with Gasteiger partial charge in [-0.15, -0.1) is 0 Å². The topological polar surface area (TPSA) is 109 Å². The van der Waals surface area contributed by atoms with Crippen molar-refractivity contribution in [2.45, 2.75) is 82.2 Å². The Kier molecular flexibility index (Phi) is 5.08. The van der Waals surface area contributed by atoms with Crippen LogP contribution in [0.15, 0.2) is 4.52 Å². The zero-order chi connectivity index (χ0) is 20.6. The predicted octanol–water partition coefficient (Wildman–Crippen LogP) is 2.25. The highest BCUT2D eigenvalue weighted by molar-refractivity contribution is 6.09. The van der Waals surface area contributed by atoms with Crippen LogP contribution in [0.25, 0.3) is 0 Å². The number of hydrogen-bond donors (Lipinski definition) is 1. The van der Waals surface area contributed by atoms with Gasteiger partial charge in [0.25, 0.3) is 5.91 Å². The summed E-state index contributed by atoms with van der Waals surface area (Å²) in [6.45, 7) is 1.44. The molecule has 9 nitrogen and oxygen atoms in total. The third-order valence-corrected chi connectivity index (χ3v) is 6.83. The Morgan fingerprint density at radius 3 is 2.28 bits per heavy atom. The first kappa shape index (κ1) is 19.8. The van der Waals surface area contributed by atoms with Crippen LogP contribution < -0.4 is 5.32 Å². The maximum Gasteiger partial charge on any atom is 0.327 e. The monoisotopic (exact) mass is 403 g/mol. The summed E-state index contributed by atoms with van der Waals surface area (Å²) in [5, 5.41) is 7.10. The van der Waals surface area contributed by atoms with Gasteiger partial charge in [-0.3, -0.25) is 14.5 Å². The smallest absolute Gasteiger partial charge is 0.327 e. The highest BCUT2D eigenvalue weighted by atomic mass is 16.5. The first-order valence-corrected chi connectivity index (χ1v) is 10.6. The number of urea groups is 1. The molecule has 1 aliphatic heterocycles. The summed E-state index contributed by atoms with van der Waals surface area (Å²) in [7, 11) is 1.67. The number of likely N-dealkylation sites (N-methyl/N-ethyl adjacent to an activating group) is 1. The van der Waals surface area contributed by atoms with Gasteiger partial charge in [0.05, 0.1) is 0 Å². The van der Waals surface area contributed by atoms with Gasteiger partial charge in [0.2, 0.25) is 11.8 Å². The number of imide groups is 1. The normalized spacial score (nSPS) is 23.7. The molecular weight excluding hydrogens is 374 g/mol. The van der Waals surface area contributed by atoms with Crippen LogP contribution in [0.3, 0.4) is 0 Å². The zero-order valence-corrected chi connectivity index (χ0v) is 17.2. The lowest BCUT2D eigenvalue weighted by Crippen LogP contribution is -2.52. The van der Waals surface area contributed by atoms with Crippen LogP contribution in [0.5, 0.6) is 0 Å². The van der Waals surface area contributed by atoms with E-state index in [9.17, 15) is 14.4 Å². The molecule has 1 aromatic rings. The van der Waals surface area contributed by atoms with Crippen molar-refractivity contribution in [3.05, 3.63) is 11.7 Å². The zero-order valence-electron chi connectivity index (χ0n) is 17.2. The highest BCUT2D eigenvalue weighted by Crippen LogP contribution is 2.40. The molecule has 4 rings (SSSR count). The van der Waals surface area contributed by atoms with Crippen molar-refractivity contribution in [2.24, 2.45) is 0 Å².